The number of carbonyl (C=O) groups is 2. The van der Waals surface area contributed by atoms with Gasteiger partial charge in [-0.2, -0.15) is 0 Å². The van der Waals surface area contributed by atoms with Gasteiger partial charge in [0.2, 0.25) is 0 Å². The molecule has 172 valence electrons. The van der Waals surface area contributed by atoms with Crippen LogP contribution in [0.2, 0.25) is 5.02 Å². The molecule has 0 radical (unpaired) electrons. The molecule has 0 bridgehead atoms. The van der Waals surface area contributed by atoms with Gasteiger partial charge in [0, 0.05) is 34.3 Å². The standard InChI is InChI=1S/C26H26ClNO5/c1-15-23(26(30)32-3)24(25-19(28-15)5-4-6-20(25)29)17-9-12-21(22(13-17)31-2)33-14-16-7-10-18(27)11-8-16/h7-13,24,28H,4-6,14H2,1-3H3/t24-/m0/s1. The number of nitrogens with one attached hydrogen (secondary N) is 1. The van der Waals surface area contributed by atoms with Crippen LogP contribution in [0.5, 0.6) is 11.5 Å². The second kappa shape index (κ2) is 9.71. The molecule has 2 aromatic rings. The monoisotopic (exact) mass is 467 g/mol. The highest BCUT2D eigenvalue weighted by Gasteiger charge is 2.39. The van der Waals surface area contributed by atoms with Crippen molar-refractivity contribution in [2.45, 2.75) is 38.7 Å². The van der Waals surface area contributed by atoms with E-state index in [2.05, 4.69) is 5.32 Å². The van der Waals surface area contributed by atoms with E-state index in [1.165, 1.54) is 7.11 Å². The van der Waals surface area contributed by atoms with E-state index in [0.717, 1.165) is 29.7 Å². The molecular formula is C26H26ClNO5. The molecule has 0 saturated heterocycles. The Kier molecular flexibility index (Phi) is 6.75. The highest BCUT2D eigenvalue weighted by Crippen LogP contribution is 2.44. The van der Waals surface area contributed by atoms with E-state index >= 15 is 0 Å². The zero-order chi connectivity index (χ0) is 23.5. The van der Waals surface area contributed by atoms with Crippen molar-refractivity contribution in [3.8, 4) is 11.5 Å². The maximum absolute atomic E-state index is 12.9. The molecule has 0 fully saturated rings. The van der Waals surface area contributed by atoms with Crippen molar-refractivity contribution < 1.29 is 23.8 Å². The fourth-order valence-corrected chi connectivity index (χ4v) is 4.55. The molecule has 1 atom stereocenters. The number of allylic oxidation sites excluding steroid dienone is 3. The minimum Gasteiger partial charge on any atom is -0.493 e. The zero-order valence-corrected chi connectivity index (χ0v) is 19.6. The number of halogens is 1. The fourth-order valence-electron chi connectivity index (χ4n) is 4.42. The van der Waals surface area contributed by atoms with E-state index in [0.29, 0.717) is 46.4 Å². The quantitative estimate of drug-likeness (QED) is 0.598. The predicted octanol–water partition coefficient (Wildman–Crippen LogP) is 5.07. The molecule has 1 heterocycles. The van der Waals surface area contributed by atoms with Gasteiger partial charge >= 0.3 is 5.97 Å². The molecule has 0 spiro atoms. The number of ketones is 1. The first kappa shape index (κ1) is 22.9. The van der Waals surface area contributed by atoms with E-state index in [4.69, 9.17) is 25.8 Å². The summed E-state index contributed by atoms with van der Waals surface area (Å²) in [5, 5.41) is 3.93. The van der Waals surface area contributed by atoms with E-state index in [1.54, 1.807) is 7.11 Å². The SMILES string of the molecule is COC(=O)C1=C(C)NC2=C(C(=O)CCC2)[C@H]1c1ccc(OCc2ccc(Cl)cc2)c(OC)c1. The first-order chi connectivity index (χ1) is 15.9. The molecule has 4 rings (SSSR count). The number of rotatable bonds is 6. The Balaban J connectivity index is 1.71. The van der Waals surface area contributed by atoms with Crippen LogP contribution in [0.25, 0.3) is 0 Å². The van der Waals surface area contributed by atoms with Gasteiger partial charge in [0.05, 0.1) is 19.8 Å². The molecule has 0 aromatic heterocycles. The number of benzene rings is 2. The maximum Gasteiger partial charge on any atom is 0.336 e. The normalized spacial score (nSPS) is 17.9. The Morgan fingerprint density at radius 2 is 1.85 bits per heavy atom. The lowest BCUT2D eigenvalue weighted by molar-refractivity contribution is -0.136. The summed E-state index contributed by atoms with van der Waals surface area (Å²) in [4.78, 5) is 25.7. The van der Waals surface area contributed by atoms with Crippen LogP contribution in [-0.4, -0.2) is 26.0 Å². The maximum atomic E-state index is 12.9. The molecule has 1 N–H and O–H groups in total. The Hall–Kier alpha value is -3.25. The van der Waals surface area contributed by atoms with E-state index in [1.807, 2.05) is 49.4 Å². The van der Waals surface area contributed by atoms with Gasteiger partial charge in [-0.05, 0) is 55.2 Å². The summed E-state index contributed by atoms with van der Waals surface area (Å²) in [7, 11) is 2.91. The topological polar surface area (TPSA) is 73.9 Å². The van der Waals surface area contributed by atoms with Gasteiger partial charge in [0.1, 0.15) is 6.61 Å². The van der Waals surface area contributed by atoms with E-state index in [-0.39, 0.29) is 5.78 Å². The summed E-state index contributed by atoms with van der Waals surface area (Å²) in [5.74, 6) is 0.143. The third kappa shape index (κ3) is 4.62. The highest BCUT2D eigenvalue weighted by molar-refractivity contribution is 6.30. The average molecular weight is 468 g/mol. The van der Waals surface area contributed by atoms with Crippen LogP contribution in [0, 0.1) is 0 Å². The molecule has 0 unspecified atom stereocenters. The third-order valence-corrected chi connectivity index (χ3v) is 6.26. The Labute approximate surface area is 198 Å². The fraction of sp³-hybridized carbons (Fsp3) is 0.308. The van der Waals surface area contributed by atoms with Crippen LogP contribution >= 0.6 is 11.6 Å². The van der Waals surface area contributed by atoms with Crippen molar-refractivity contribution in [3.05, 3.63) is 81.2 Å². The molecule has 1 aliphatic carbocycles. The molecule has 6 nitrogen and oxygen atoms in total. The van der Waals surface area contributed by atoms with Gasteiger partial charge in [-0.1, -0.05) is 29.8 Å². The number of methoxy groups -OCH3 is 2. The van der Waals surface area contributed by atoms with Gasteiger partial charge in [-0.25, -0.2) is 4.79 Å². The van der Waals surface area contributed by atoms with Crippen LogP contribution in [-0.2, 0) is 20.9 Å². The molecule has 7 heteroatoms. The number of carbonyl (C=O) groups excluding carboxylic acids is 2. The van der Waals surface area contributed by atoms with Crippen LogP contribution in [0.3, 0.4) is 0 Å². The number of hydrogen-bond donors (Lipinski definition) is 1. The summed E-state index contributed by atoms with van der Waals surface area (Å²) in [6.45, 7) is 2.18. The van der Waals surface area contributed by atoms with Gasteiger partial charge < -0.3 is 19.5 Å². The van der Waals surface area contributed by atoms with Crippen LogP contribution < -0.4 is 14.8 Å². The molecule has 0 saturated carbocycles. The van der Waals surface area contributed by atoms with Crippen molar-refractivity contribution in [3.63, 3.8) is 0 Å². The summed E-state index contributed by atoms with van der Waals surface area (Å²) in [6.07, 6.45) is 2.02. The number of dihydropyridines is 1. The lowest BCUT2D eigenvalue weighted by Gasteiger charge is -2.34. The van der Waals surface area contributed by atoms with Crippen LogP contribution in [0.15, 0.2) is 65.0 Å². The second-order valence-corrected chi connectivity index (χ2v) is 8.52. The average Bonchev–Trinajstić information content (AvgIpc) is 2.82. The van der Waals surface area contributed by atoms with Crippen LogP contribution in [0.1, 0.15) is 43.2 Å². The number of Topliss-reactive ketones (excluding diaryl/α,β-unsaturated/α-hetero) is 1. The lowest BCUT2D eigenvalue weighted by atomic mass is 9.75. The summed E-state index contributed by atoms with van der Waals surface area (Å²) in [5.41, 5.74) is 4.38. The number of esters is 1. The van der Waals surface area contributed by atoms with Gasteiger partial charge in [-0.15, -0.1) is 0 Å². The zero-order valence-electron chi connectivity index (χ0n) is 18.9. The first-order valence-corrected chi connectivity index (χ1v) is 11.2. The third-order valence-electron chi connectivity index (χ3n) is 6.01. The summed E-state index contributed by atoms with van der Waals surface area (Å²) >= 11 is 5.95. The van der Waals surface area contributed by atoms with Crippen molar-refractivity contribution in [2.24, 2.45) is 0 Å². The Morgan fingerprint density at radius 1 is 1.09 bits per heavy atom. The minimum absolute atomic E-state index is 0.0460. The van der Waals surface area contributed by atoms with Crippen molar-refractivity contribution >= 4 is 23.4 Å². The molecule has 2 aliphatic rings. The molecule has 2 aromatic carbocycles. The van der Waals surface area contributed by atoms with Crippen molar-refractivity contribution in [1.29, 1.82) is 0 Å². The second-order valence-electron chi connectivity index (χ2n) is 8.08. The number of ether oxygens (including phenoxy) is 3. The molecule has 0 amide bonds. The minimum atomic E-state index is -0.527. The first-order valence-electron chi connectivity index (χ1n) is 10.8. The van der Waals surface area contributed by atoms with E-state index in [9.17, 15) is 9.59 Å². The Morgan fingerprint density at radius 3 is 2.55 bits per heavy atom. The largest absolute Gasteiger partial charge is 0.493 e. The molecule has 33 heavy (non-hydrogen) atoms. The smallest absolute Gasteiger partial charge is 0.336 e. The Bertz CT molecular complexity index is 1150. The van der Waals surface area contributed by atoms with Crippen LogP contribution in [0.4, 0.5) is 0 Å². The van der Waals surface area contributed by atoms with Crippen molar-refractivity contribution in [1.82, 2.24) is 5.32 Å². The molecule has 1 aliphatic heterocycles. The number of hydrogen-bond acceptors (Lipinski definition) is 6. The van der Waals surface area contributed by atoms with Gasteiger partial charge in [-0.3, -0.25) is 4.79 Å². The highest BCUT2D eigenvalue weighted by atomic mass is 35.5. The van der Waals surface area contributed by atoms with Gasteiger partial charge in [0.25, 0.3) is 0 Å². The molecular weight excluding hydrogens is 442 g/mol. The van der Waals surface area contributed by atoms with Gasteiger partial charge in [0.15, 0.2) is 17.3 Å². The van der Waals surface area contributed by atoms with E-state index < -0.39 is 11.9 Å². The predicted molar refractivity (Wildman–Crippen MR) is 125 cm³/mol. The van der Waals surface area contributed by atoms with Crippen molar-refractivity contribution in [2.75, 3.05) is 14.2 Å². The summed E-state index contributed by atoms with van der Waals surface area (Å²) in [6, 6.07) is 12.9. The summed E-state index contributed by atoms with van der Waals surface area (Å²) < 4.78 is 16.6. The lowest BCUT2D eigenvalue weighted by Crippen LogP contribution is -2.34.